The minimum Gasteiger partial charge on any atom is -0.435 e. The molecule has 0 aliphatic carbocycles. The number of halogens is 2. The van der Waals surface area contributed by atoms with E-state index in [1.165, 1.54) is 0 Å². The topological polar surface area (TPSA) is 36.0 Å². The third kappa shape index (κ3) is 4.86. The molecule has 2 aliphatic rings. The van der Waals surface area contributed by atoms with Crippen molar-refractivity contribution >= 4 is 11.6 Å². The molecule has 1 saturated heterocycles. The van der Waals surface area contributed by atoms with E-state index in [4.69, 9.17) is 0 Å². The zero-order valence-electron chi connectivity index (χ0n) is 15.0. The summed E-state index contributed by atoms with van der Waals surface area (Å²) in [6, 6.07) is 6.67. The molecule has 0 bridgehead atoms. The van der Waals surface area contributed by atoms with Gasteiger partial charge in [-0.2, -0.15) is 8.78 Å². The Morgan fingerprint density at radius 3 is 2.50 bits per heavy atom. The maximum absolute atomic E-state index is 12.2. The molecular weight excluding hydrogens is 340 g/mol. The molecule has 0 aromatic heterocycles. The Kier molecular flexibility index (Phi) is 5.96. The molecule has 3 rings (SSSR count). The number of hydrogen-bond acceptors (Lipinski definition) is 4. The lowest BCUT2D eigenvalue weighted by molar-refractivity contribution is -0.130. The summed E-state index contributed by atoms with van der Waals surface area (Å²) in [5, 5.41) is 0. The number of rotatable bonds is 6. The molecule has 1 aromatic rings. The Labute approximate surface area is 152 Å². The Bertz CT molecular complexity index is 628. The van der Waals surface area contributed by atoms with Crippen LogP contribution in [0.4, 0.5) is 14.5 Å². The summed E-state index contributed by atoms with van der Waals surface area (Å²) in [5.74, 6) is 1.01. The quantitative estimate of drug-likeness (QED) is 0.773. The Hall–Kier alpha value is -2.31. The van der Waals surface area contributed by atoms with Crippen LogP contribution in [0, 0.1) is 5.92 Å². The monoisotopic (exact) mass is 365 g/mol. The van der Waals surface area contributed by atoms with E-state index in [1.807, 2.05) is 11.1 Å². The summed E-state index contributed by atoms with van der Waals surface area (Å²) in [7, 11) is 0. The highest BCUT2D eigenvalue weighted by atomic mass is 19.3. The fourth-order valence-corrected chi connectivity index (χ4v) is 3.48. The Balaban J connectivity index is 1.42. The van der Waals surface area contributed by atoms with Crippen molar-refractivity contribution in [1.29, 1.82) is 0 Å². The highest BCUT2D eigenvalue weighted by Crippen LogP contribution is 2.25. The highest BCUT2D eigenvalue weighted by molar-refractivity contribution is 5.73. The van der Waals surface area contributed by atoms with Crippen molar-refractivity contribution in [3.05, 3.63) is 36.7 Å². The van der Waals surface area contributed by atoms with E-state index in [0.29, 0.717) is 5.92 Å². The number of hydrogen-bond donors (Lipinski definition) is 0. The van der Waals surface area contributed by atoms with Crippen molar-refractivity contribution < 1.29 is 18.3 Å². The van der Waals surface area contributed by atoms with Crippen LogP contribution < -0.4 is 9.64 Å². The number of benzene rings is 1. The van der Waals surface area contributed by atoms with Crippen molar-refractivity contribution in [2.45, 2.75) is 32.8 Å². The molecule has 2 heterocycles. The average molecular weight is 365 g/mol. The first-order valence-corrected chi connectivity index (χ1v) is 9.00. The van der Waals surface area contributed by atoms with Gasteiger partial charge in [-0.05, 0) is 49.4 Å². The zero-order valence-corrected chi connectivity index (χ0v) is 15.0. The van der Waals surface area contributed by atoms with Crippen molar-refractivity contribution in [3.63, 3.8) is 0 Å². The molecule has 0 N–H and O–H groups in total. The lowest BCUT2D eigenvalue weighted by Crippen LogP contribution is -2.37. The molecule has 0 spiro atoms. The molecular formula is C19H25F2N3O2. The number of carbonyl (C=O) groups excluding carboxylic acids is 1. The standard InChI is InChI=1S/C19H25F2N3O2/c1-15(25)23-10-7-16(8-11-23)6-9-22-12-13-24(14-22)17-2-4-18(5-3-17)26-19(20)21/h2-5,12-13,16,19H,6-11,14H2,1H3. The smallest absolute Gasteiger partial charge is 0.387 e. The van der Waals surface area contributed by atoms with Crippen LogP contribution in [0.25, 0.3) is 0 Å². The molecule has 2 aliphatic heterocycles. The molecule has 1 amide bonds. The molecule has 7 heteroatoms. The lowest BCUT2D eigenvalue weighted by atomic mass is 9.93. The van der Waals surface area contributed by atoms with E-state index in [9.17, 15) is 13.6 Å². The van der Waals surface area contributed by atoms with Crippen LogP contribution in [0.5, 0.6) is 5.75 Å². The number of carbonyl (C=O) groups is 1. The first-order valence-electron chi connectivity index (χ1n) is 9.00. The molecule has 0 radical (unpaired) electrons. The fourth-order valence-electron chi connectivity index (χ4n) is 3.48. The second kappa shape index (κ2) is 8.38. The second-order valence-electron chi connectivity index (χ2n) is 6.83. The third-order valence-corrected chi connectivity index (χ3v) is 5.07. The van der Waals surface area contributed by atoms with Gasteiger partial charge >= 0.3 is 6.61 Å². The third-order valence-electron chi connectivity index (χ3n) is 5.07. The van der Waals surface area contributed by atoms with Crippen molar-refractivity contribution in [2.24, 2.45) is 5.92 Å². The van der Waals surface area contributed by atoms with Gasteiger partial charge in [0, 0.05) is 44.6 Å². The molecule has 0 unspecified atom stereocenters. The number of piperidine rings is 1. The molecule has 5 nitrogen and oxygen atoms in total. The van der Waals surface area contributed by atoms with Crippen LogP contribution in [0.3, 0.4) is 0 Å². The maximum Gasteiger partial charge on any atom is 0.387 e. The first kappa shape index (κ1) is 18.5. The van der Waals surface area contributed by atoms with Gasteiger partial charge in [0.05, 0.1) is 6.67 Å². The number of likely N-dealkylation sites (tertiary alicyclic amines) is 1. The first-order chi connectivity index (χ1) is 12.5. The number of nitrogens with zero attached hydrogens (tertiary/aromatic N) is 3. The van der Waals surface area contributed by atoms with E-state index >= 15 is 0 Å². The summed E-state index contributed by atoms with van der Waals surface area (Å²) in [6.45, 7) is 2.30. The van der Waals surface area contributed by atoms with E-state index in [2.05, 4.69) is 20.7 Å². The predicted molar refractivity (Wildman–Crippen MR) is 95.9 cm³/mol. The van der Waals surface area contributed by atoms with Gasteiger partial charge in [0.25, 0.3) is 0 Å². The summed E-state index contributed by atoms with van der Waals surface area (Å²) < 4.78 is 28.8. The van der Waals surface area contributed by atoms with Gasteiger partial charge in [-0.25, -0.2) is 0 Å². The van der Waals surface area contributed by atoms with Crippen molar-refractivity contribution in [3.8, 4) is 5.75 Å². The van der Waals surface area contributed by atoms with Crippen LogP contribution in [0.15, 0.2) is 36.7 Å². The second-order valence-corrected chi connectivity index (χ2v) is 6.83. The summed E-state index contributed by atoms with van der Waals surface area (Å²) in [5.41, 5.74) is 0.945. The SMILES string of the molecule is CC(=O)N1CCC(CCN2C=CN(c3ccc(OC(F)F)cc3)C2)CC1. The van der Waals surface area contributed by atoms with Crippen LogP contribution in [0.1, 0.15) is 26.2 Å². The van der Waals surface area contributed by atoms with Gasteiger partial charge in [-0.1, -0.05) is 0 Å². The molecule has 1 fully saturated rings. The van der Waals surface area contributed by atoms with Crippen LogP contribution in [-0.4, -0.2) is 48.6 Å². The van der Waals surface area contributed by atoms with Crippen LogP contribution in [-0.2, 0) is 4.79 Å². The van der Waals surface area contributed by atoms with Gasteiger partial charge in [0.15, 0.2) is 0 Å². The molecule has 0 saturated carbocycles. The minimum absolute atomic E-state index is 0.167. The average Bonchev–Trinajstić information content (AvgIpc) is 3.09. The van der Waals surface area contributed by atoms with Crippen molar-refractivity contribution in [1.82, 2.24) is 9.80 Å². The predicted octanol–water partition coefficient (Wildman–Crippen LogP) is 3.49. The van der Waals surface area contributed by atoms with E-state index in [0.717, 1.165) is 51.3 Å². The minimum atomic E-state index is -2.80. The van der Waals surface area contributed by atoms with E-state index in [1.54, 1.807) is 31.2 Å². The molecule has 1 aromatic carbocycles. The summed E-state index contributed by atoms with van der Waals surface area (Å²) in [6.07, 6.45) is 7.33. The number of ether oxygens (including phenoxy) is 1. The van der Waals surface area contributed by atoms with E-state index in [-0.39, 0.29) is 11.7 Å². The Morgan fingerprint density at radius 2 is 1.88 bits per heavy atom. The number of anilines is 1. The van der Waals surface area contributed by atoms with Gasteiger partial charge in [-0.15, -0.1) is 0 Å². The largest absolute Gasteiger partial charge is 0.435 e. The maximum atomic E-state index is 12.2. The van der Waals surface area contributed by atoms with Crippen molar-refractivity contribution in [2.75, 3.05) is 31.2 Å². The summed E-state index contributed by atoms with van der Waals surface area (Å²) in [4.78, 5) is 17.6. The van der Waals surface area contributed by atoms with Crippen LogP contribution in [0.2, 0.25) is 0 Å². The fraction of sp³-hybridized carbons (Fsp3) is 0.526. The zero-order chi connectivity index (χ0) is 18.5. The molecule has 142 valence electrons. The number of alkyl halides is 2. The van der Waals surface area contributed by atoms with E-state index < -0.39 is 6.61 Å². The van der Waals surface area contributed by atoms with Gasteiger partial charge in [-0.3, -0.25) is 4.79 Å². The molecule has 26 heavy (non-hydrogen) atoms. The Morgan fingerprint density at radius 1 is 1.19 bits per heavy atom. The summed E-state index contributed by atoms with van der Waals surface area (Å²) >= 11 is 0. The van der Waals surface area contributed by atoms with Gasteiger partial charge in [0.2, 0.25) is 5.91 Å². The van der Waals surface area contributed by atoms with Gasteiger partial charge < -0.3 is 19.4 Å². The molecule has 0 atom stereocenters. The highest BCUT2D eigenvalue weighted by Gasteiger charge is 2.22. The lowest BCUT2D eigenvalue weighted by Gasteiger charge is -2.32. The normalized spacial score (nSPS) is 18.1. The van der Waals surface area contributed by atoms with Crippen LogP contribution >= 0.6 is 0 Å². The number of amides is 1. The van der Waals surface area contributed by atoms with Gasteiger partial charge in [0.1, 0.15) is 5.75 Å².